The van der Waals surface area contributed by atoms with E-state index in [0.29, 0.717) is 12.8 Å². The van der Waals surface area contributed by atoms with E-state index < -0.39 is 12.0 Å². The van der Waals surface area contributed by atoms with Crippen LogP contribution < -0.4 is 0 Å². The van der Waals surface area contributed by atoms with Crippen molar-refractivity contribution in [3.05, 3.63) is 40.3 Å². The average molecular weight is 221 g/mol. The summed E-state index contributed by atoms with van der Waals surface area (Å²) in [7, 11) is 1.26. The van der Waals surface area contributed by atoms with Gasteiger partial charge in [-0.2, -0.15) is 0 Å². The highest BCUT2D eigenvalue weighted by Gasteiger charge is 2.19. The van der Waals surface area contributed by atoms with Crippen LogP contribution in [0, 0.1) is 11.8 Å². The molecule has 0 saturated carbocycles. The van der Waals surface area contributed by atoms with Crippen molar-refractivity contribution in [1.82, 2.24) is 0 Å². The van der Waals surface area contributed by atoms with Gasteiger partial charge in [0.05, 0.1) is 7.11 Å². The molecule has 4 heteroatoms. The first-order chi connectivity index (χ1) is 7.69. The minimum Gasteiger partial charge on any atom is -0.467 e. The maximum atomic E-state index is 11.1. The Morgan fingerprint density at radius 2 is 2.12 bits per heavy atom. The molecule has 1 rings (SSSR count). The normalized spacial score (nSPS) is 11.9. The van der Waals surface area contributed by atoms with Gasteiger partial charge in [-0.25, -0.2) is 4.79 Å². The van der Waals surface area contributed by atoms with Crippen LogP contribution in [0.1, 0.15) is 17.5 Å². The lowest BCUT2D eigenvalue weighted by atomic mass is 10.0. The van der Waals surface area contributed by atoms with Gasteiger partial charge in [-0.15, -0.1) is 4.91 Å². The largest absolute Gasteiger partial charge is 0.467 e. The summed E-state index contributed by atoms with van der Waals surface area (Å²) in [5, 5.41) is 2.78. The fourth-order valence-electron chi connectivity index (χ4n) is 1.53. The number of carbonyl (C=O) groups is 1. The van der Waals surface area contributed by atoms with E-state index in [4.69, 9.17) is 0 Å². The first-order valence-corrected chi connectivity index (χ1v) is 5.14. The van der Waals surface area contributed by atoms with E-state index in [1.54, 1.807) is 0 Å². The van der Waals surface area contributed by atoms with Crippen LogP contribution in [-0.4, -0.2) is 19.1 Å². The summed E-state index contributed by atoms with van der Waals surface area (Å²) in [6.45, 7) is 2.00. The zero-order valence-electron chi connectivity index (χ0n) is 9.47. The highest BCUT2D eigenvalue weighted by atomic mass is 16.5. The van der Waals surface area contributed by atoms with Gasteiger partial charge in [-0.05, 0) is 30.9 Å². The molecule has 86 valence electrons. The maximum absolute atomic E-state index is 11.1. The molecule has 0 aliphatic carbocycles. The molecule has 0 saturated heterocycles. The molecule has 0 aliphatic heterocycles. The van der Waals surface area contributed by atoms with Crippen molar-refractivity contribution in [3.63, 3.8) is 0 Å². The van der Waals surface area contributed by atoms with Crippen LogP contribution in [0.2, 0.25) is 0 Å². The van der Waals surface area contributed by atoms with E-state index >= 15 is 0 Å². The fraction of sp³-hybridized carbons (Fsp3) is 0.417. The zero-order chi connectivity index (χ0) is 12.0. The van der Waals surface area contributed by atoms with Gasteiger partial charge in [-0.1, -0.05) is 29.4 Å². The molecule has 0 radical (unpaired) electrons. The molecule has 16 heavy (non-hydrogen) atoms. The molecule has 0 spiro atoms. The topological polar surface area (TPSA) is 55.7 Å². The number of rotatable bonds is 5. The predicted octanol–water partition coefficient (Wildman–Crippen LogP) is 2.24. The molecule has 0 N–H and O–H groups in total. The summed E-state index contributed by atoms with van der Waals surface area (Å²) in [5.74, 6) is -0.566. The minimum atomic E-state index is -0.899. The Bertz CT molecular complexity index is 376. The SMILES string of the molecule is COC(=O)C(CCc1ccccc1C)N=O. The summed E-state index contributed by atoms with van der Waals surface area (Å²) in [6, 6.07) is 6.97. The Morgan fingerprint density at radius 1 is 1.44 bits per heavy atom. The summed E-state index contributed by atoms with van der Waals surface area (Å²) in [6.07, 6.45) is 1.04. The molecule has 1 aromatic carbocycles. The second-order valence-corrected chi connectivity index (χ2v) is 3.61. The molecule has 0 bridgehead atoms. The Kier molecular flexibility index (Phi) is 4.64. The molecule has 0 fully saturated rings. The van der Waals surface area contributed by atoms with Crippen LogP contribution in [0.25, 0.3) is 0 Å². The van der Waals surface area contributed by atoms with Crippen molar-refractivity contribution in [2.75, 3.05) is 7.11 Å². The van der Waals surface area contributed by atoms with E-state index in [9.17, 15) is 9.70 Å². The Morgan fingerprint density at radius 3 is 2.69 bits per heavy atom. The van der Waals surface area contributed by atoms with Gasteiger partial charge < -0.3 is 4.74 Å². The highest BCUT2D eigenvalue weighted by molar-refractivity contribution is 5.75. The van der Waals surface area contributed by atoms with Crippen LogP contribution in [0.5, 0.6) is 0 Å². The van der Waals surface area contributed by atoms with Crippen LogP contribution in [0.15, 0.2) is 29.4 Å². The van der Waals surface area contributed by atoms with E-state index in [1.165, 1.54) is 7.11 Å². The van der Waals surface area contributed by atoms with Crippen molar-refractivity contribution in [3.8, 4) is 0 Å². The number of carbonyl (C=O) groups excluding carboxylic acids is 1. The molecule has 0 amide bonds. The highest BCUT2D eigenvalue weighted by Crippen LogP contribution is 2.12. The number of esters is 1. The van der Waals surface area contributed by atoms with Gasteiger partial charge in [-0.3, -0.25) is 0 Å². The summed E-state index contributed by atoms with van der Waals surface area (Å²) >= 11 is 0. The summed E-state index contributed by atoms with van der Waals surface area (Å²) < 4.78 is 4.49. The predicted molar refractivity (Wildman–Crippen MR) is 61.1 cm³/mol. The van der Waals surface area contributed by atoms with Crippen molar-refractivity contribution in [2.24, 2.45) is 5.18 Å². The molecular weight excluding hydrogens is 206 g/mol. The van der Waals surface area contributed by atoms with E-state index in [-0.39, 0.29) is 0 Å². The molecular formula is C12H15NO3. The van der Waals surface area contributed by atoms with Gasteiger partial charge in [0.2, 0.25) is 0 Å². The standard InChI is InChI=1S/C12H15NO3/c1-9-5-3-4-6-10(9)7-8-11(13-15)12(14)16-2/h3-6,11H,7-8H2,1-2H3. The number of hydrogen-bond acceptors (Lipinski definition) is 4. The molecule has 1 unspecified atom stereocenters. The monoisotopic (exact) mass is 221 g/mol. The maximum Gasteiger partial charge on any atom is 0.334 e. The van der Waals surface area contributed by atoms with Crippen molar-refractivity contribution < 1.29 is 9.53 Å². The number of nitroso groups, excluding NO2 is 1. The van der Waals surface area contributed by atoms with E-state index in [2.05, 4.69) is 9.91 Å². The lowest BCUT2D eigenvalue weighted by Crippen LogP contribution is -2.20. The molecule has 1 aromatic rings. The lowest BCUT2D eigenvalue weighted by Gasteiger charge is -2.08. The van der Waals surface area contributed by atoms with E-state index in [1.807, 2.05) is 31.2 Å². The van der Waals surface area contributed by atoms with Gasteiger partial charge in [0.1, 0.15) is 0 Å². The van der Waals surface area contributed by atoms with Gasteiger partial charge in [0, 0.05) is 0 Å². The molecule has 0 aromatic heterocycles. The molecule has 4 nitrogen and oxygen atoms in total. The number of aryl methyl sites for hydroxylation is 2. The number of methoxy groups -OCH3 is 1. The first-order valence-electron chi connectivity index (χ1n) is 5.14. The van der Waals surface area contributed by atoms with Gasteiger partial charge in [0.25, 0.3) is 0 Å². The smallest absolute Gasteiger partial charge is 0.334 e. The molecule has 0 aliphatic rings. The second-order valence-electron chi connectivity index (χ2n) is 3.61. The Hall–Kier alpha value is -1.71. The number of ether oxygens (including phenoxy) is 1. The number of hydrogen-bond donors (Lipinski definition) is 0. The zero-order valence-corrected chi connectivity index (χ0v) is 9.47. The van der Waals surface area contributed by atoms with Crippen molar-refractivity contribution >= 4 is 5.97 Å². The van der Waals surface area contributed by atoms with Gasteiger partial charge >= 0.3 is 5.97 Å². The van der Waals surface area contributed by atoms with Crippen LogP contribution in [0.4, 0.5) is 0 Å². The summed E-state index contributed by atoms with van der Waals surface area (Å²) in [5.41, 5.74) is 2.28. The first kappa shape index (κ1) is 12.4. The number of nitrogens with zero attached hydrogens (tertiary/aromatic N) is 1. The summed E-state index contributed by atoms with van der Waals surface area (Å²) in [4.78, 5) is 21.6. The minimum absolute atomic E-state index is 0.390. The third-order valence-electron chi connectivity index (χ3n) is 2.55. The quantitative estimate of drug-likeness (QED) is 0.566. The third kappa shape index (κ3) is 3.15. The van der Waals surface area contributed by atoms with Gasteiger partial charge in [0.15, 0.2) is 6.04 Å². The Balaban J connectivity index is 2.60. The average Bonchev–Trinajstić information content (AvgIpc) is 2.31. The van der Waals surface area contributed by atoms with Crippen molar-refractivity contribution in [1.29, 1.82) is 0 Å². The van der Waals surface area contributed by atoms with Crippen LogP contribution >= 0.6 is 0 Å². The van der Waals surface area contributed by atoms with Crippen molar-refractivity contribution in [2.45, 2.75) is 25.8 Å². The fourth-order valence-corrected chi connectivity index (χ4v) is 1.53. The Labute approximate surface area is 94.6 Å². The second kappa shape index (κ2) is 6.00. The molecule has 0 heterocycles. The van der Waals surface area contributed by atoms with E-state index in [0.717, 1.165) is 11.1 Å². The lowest BCUT2D eigenvalue weighted by molar-refractivity contribution is -0.142. The number of benzene rings is 1. The van der Waals surface area contributed by atoms with Crippen LogP contribution in [0.3, 0.4) is 0 Å². The van der Waals surface area contributed by atoms with Crippen LogP contribution in [-0.2, 0) is 16.0 Å². The third-order valence-corrected chi connectivity index (χ3v) is 2.55. The molecule has 1 atom stereocenters.